The number of halogens is 1. The summed E-state index contributed by atoms with van der Waals surface area (Å²) in [4.78, 5) is 0. The minimum absolute atomic E-state index is 0.737. The lowest BCUT2D eigenvalue weighted by molar-refractivity contribution is 0.879. The van der Waals surface area contributed by atoms with E-state index in [9.17, 15) is 0 Å². The Bertz CT molecular complexity index is 248. The van der Waals surface area contributed by atoms with Crippen LogP contribution in [0.3, 0.4) is 0 Å². The van der Waals surface area contributed by atoms with Crippen LogP contribution in [0.25, 0.3) is 0 Å². The first-order valence-electron chi connectivity index (χ1n) is 3.26. The normalized spacial score (nSPS) is 30.6. The molecule has 1 aromatic rings. The van der Waals surface area contributed by atoms with Crippen LogP contribution < -0.4 is 0 Å². The second-order valence-electron chi connectivity index (χ2n) is 2.71. The van der Waals surface area contributed by atoms with Crippen molar-refractivity contribution in [2.45, 2.75) is 19.3 Å². The average Bonchev–Trinajstić information content (AvgIpc) is 2.42. The quantitative estimate of drug-likeness (QED) is 0.729. The van der Waals surface area contributed by atoms with E-state index in [-0.39, 0.29) is 0 Å². The van der Waals surface area contributed by atoms with Crippen LogP contribution in [0.1, 0.15) is 24.3 Å². The van der Waals surface area contributed by atoms with Crippen molar-refractivity contribution in [3.8, 4) is 0 Å². The summed E-state index contributed by atoms with van der Waals surface area (Å²) in [6, 6.07) is 0. The molecule has 1 saturated carbocycles. The van der Waals surface area contributed by atoms with E-state index in [1.807, 2.05) is 0 Å². The van der Waals surface area contributed by atoms with Gasteiger partial charge in [0.1, 0.15) is 5.01 Å². The molecule has 1 aromatic heterocycles. The second kappa shape index (κ2) is 2.41. The van der Waals surface area contributed by atoms with Crippen LogP contribution in [0.2, 0.25) is 0 Å². The highest BCUT2D eigenvalue weighted by atomic mass is 127. The number of hydrogen-bond acceptors (Lipinski definition) is 3. The van der Waals surface area contributed by atoms with Gasteiger partial charge in [0.15, 0.2) is 3.01 Å². The molecule has 10 heavy (non-hydrogen) atoms. The first-order valence-corrected chi connectivity index (χ1v) is 5.16. The average molecular weight is 266 g/mol. The third-order valence-corrected chi connectivity index (χ3v) is 3.56. The molecule has 0 radical (unpaired) electrons. The molecule has 1 aliphatic carbocycles. The lowest BCUT2D eigenvalue weighted by atomic mass is 10.4. The molecule has 0 aromatic carbocycles. The lowest BCUT2D eigenvalue weighted by Gasteiger charge is -1.82. The van der Waals surface area contributed by atoms with Gasteiger partial charge in [0, 0.05) is 5.92 Å². The van der Waals surface area contributed by atoms with Crippen LogP contribution in [0, 0.1) is 8.93 Å². The topological polar surface area (TPSA) is 25.8 Å². The van der Waals surface area contributed by atoms with Crippen LogP contribution in [-0.2, 0) is 0 Å². The van der Waals surface area contributed by atoms with Gasteiger partial charge in [0.2, 0.25) is 0 Å². The van der Waals surface area contributed by atoms with Gasteiger partial charge in [-0.3, -0.25) is 0 Å². The molecule has 2 rings (SSSR count). The fourth-order valence-corrected chi connectivity index (χ4v) is 2.63. The zero-order chi connectivity index (χ0) is 7.14. The lowest BCUT2D eigenvalue weighted by Crippen LogP contribution is -1.78. The molecule has 1 aliphatic rings. The van der Waals surface area contributed by atoms with E-state index in [4.69, 9.17) is 0 Å². The summed E-state index contributed by atoms with van der Waals surface area (Å²) in [6.45, 7) is 2.26. The Morgan fingerprint density at radius 2 is 2.30 bits per heavy atom. The van der Waals surface area contributed by atoms with Crippen LogP contribution in [0.4, 0.5) is 0 Å². The third kappa shape index (κ3) is 1.18. The second-order valence-corrected chi connectivity index (χ2v) is 5.48. The Kier molecular flexibility index (Phi) is 1.68. The van der Waals surface area contributed by atoms with Crippen molar-refractivity contribution in [1.82, 2.24) is 10.2 Å². The Morgan fingerprint density at radius 3 is 2.70 bits per heavy atom. The van der Waals surface area contributed by atoms with Crippen molar-refractivity contribution >= 4 is 33.9 Å². The summed E-state index contributed by atoms with van der Waals surface area (Å²) in [7, 11) is 0. The van der Waals surface area contributed by atoms with Crippen LogP contribution in [0.15, 0.2) is 0 Å². The van der Waals surface area contributed by atoms with Crippen LogP contribution in [0.5, 0.6) is 0 Å². The third-order valence-electron chi connectivity index (χ3n) is 1.84. The molecular weight excluding hydrogens is 259 g/mol. The number of rotatable bonds is 1. The zero-order valence-corrected chi connectivity index (χ0v) is 8.52. The monoisotopic (exact) mass is 266 g/mol. The fraction of sp³-hybridized carbons (Fsp3) is 0.667. The molecule has 0 bridgehead atoms. The van der Waals surface area contributed by atoms with E-state index in [0.717, 1.165) is 14.9 Å². The molecule has 0 N–H and O–H groups in total. The maximum atomic E-state index is 4.09. The molecule has 0 saturated heterocycles. The highest BCUT2D eigenvalue weighted by Gasteiger charge is 2.36. The van der Waals surface area contributed by atoms with Gasteiger partial charge in [-0.1, -0.05) is 18.3 Å². The molecule has 0 amide bonds. The van der Waals surface area contributed by atoms with Crippen LogP contribution in [-0.4, -0.2) is 10.2 Å². The first kappa shape index (κ1) is 6.97. The van der Waals surface area contributed by atoms with Gasteiger partial charge >= 0.3 is 0 Å². The number of hydrogen-bond donors (Lipinski definition) is 0. The molecule has 2 nitrogen and oxygen atoms in total. The predicted octanol–water partition coefficient (Wildman–Crippen LogP) is 2.27. The van der Waals surface area contributed by atoms with Crippen molar-refractivity contribution in [3.63, 3.8) is 0 Å². The van der Waals surface area contributed by atoms with Crippen molar-refractivity contribution in [2.75, 3.05) is 0 Å². The summed E-state index contributed by atoms with van der Waals surface area (Å²) in [6.07, 6.45) is 1.31. The Hall–Kier alpha value is 0.290. The van der Waals surface area contributed by atoms with E-state index in [2.05, 4.69) is 39.7 Å². The van der Waals surface area contributed by atoms with Gasteiger partial charge in [-0.25, -0.2) is 0 Å². The van der Waals surface area contributed by atoms with E-state index < -0.39 is 0 Å². The van der Waals surface area contributed by atoms with Gasteiger partial charge in [0.05, 0.1) is 0 Å². The molecule has 1 heterocycles. The minimum Gasteiger partial charge on any atom is -0.142 e. The zero-order valence-electron chi connectivity index (χ0n) is 5.54. The number of nitrogens with zero attached hydrogens (tertiary/aromatic N) is 2. The molecule has 4 heteroatoms. The van der Waals surface area contributed by atoms with Crippen molar-refractivity contribution in [3.05, 3.63) is 8.02 Å². The fourth-order valence-electron chi connectivity index (χ4n) is 1.03. The molecular formula is C6H7IN2S. The molecule has 0 spiro atoms. The Labute approximate surface area is 77.2 Å². The highest BCUT2D eigenvalue weighted by Crippen LogP contribution is 2.47. The Balaban J connectivity index is 2.20. The minimum atomic E-state index is 0.737. The highest BCUT2D eigenvalue weighted by molar-refractivity contribution is 14.1. The van der Waals surface area contributed by atoms with Crippen LogP contribution >= 0.6 is 33.9 Å². The van der Waals surface area contributed by atoms with E-state index in [1.165, 1.54) is 11.4 Å². The van der Waals surface area contributed by atoms with E-state index >= 15 is 0 Å². The summed E-state index contributed by atoms with van der Waals surface area (Å²) in [5, 5.41) is 9.29. The number of aromatic nitrogens is 2. The van der Waals surface area contributed by atoms with Gasteiger partial charge < -0.3 is 0 Å². The SMILES string of the molecule is CC1CC1c1nnc(I)s1. The smallest absolute Gasteiger partial charge is 0.142 e. The predicted molar refractivity (Wildman–Crippen MR) is 49.1 cm³/mol. The first-order chi connectivity index (χ1) is 4.77. The van der Waals surface area contributed by atoms with Crippen molar-refractivity contribution < 1.29 is 0 Å². The molecule has 1 fully saturated rings. The van der Waals surface area contributed by atoms with Gasteiger partial charge in [0.25, 0.3) is 0 Å². The molecule has 54 valence electrons. The van der Waals surface area contributed by atoms with Gasteiger partial charge in [-0.15, -0.1) is 10.2 Å². The van der Waals surface area contributed by atoms with Crippen molar-refractivity contribution in [1.29, 1.82) is 0 Å². The summed E-state index contributed by atoms with van der Waals surface area (Å²) in [5.41, 5.74) is 0. The molecule has 0 aliphatic heterocycles. The van der Waals surface area contributed by atoms with Gasteiger partial charge in [-0.2, -0.15) is 0 Å². The van der Waals surface area contributed by atoms with Crippen molar-refractivity contribution in [2.24, 2.45) is 5.92 Å². The standard InChI is InChI=1S/C6H7IN2S/c1-3-2-4(3)5-8-9-6(7)10-5/h3-4H,2H2,1H3. The maximum absolute atomic E-state index is 4.09. The summed E-state index contributed by atoms with van der Waals surface area (Å²) < 4.78 is 1.06. The Morgan fingerprint density at radius 1 is 1.60 bits per heavy atom. The molecule has 2 unspecified atom stereocenters. The van der Waals surface area contributed by atoms with Gasteiger partial charge in [-0.05, 0) is 34.9 Å². The summed E-state index contributed by atoms with van der Waals surface area (Å²) >= 11 is 3.94. The van der Waals surface area contributed by atoms with E-state index in [1.54, 1.807) is 11.3 Å². The maximum Gasteiger partial charge on any atom is 0.178 e. The largest absolute Gasteiger partial charge is 0.178 e. The summed E-state index contributed by atoms with van der Waals surface area (Å²) in [5.74, 6) is 1.59. The molecule has 2 atom stereocenters. The van der Waals surface area contributed by atoms with E-state index in [0.29, 0.717) is 0 Å².